The third kappa shape index (κ3) is 8.81. The van der Waals surface area contributed by atoms with E-state index in [1.807, 2.05) is 44.5 Å². The number of ether oxygens (including phenoxy) is 4. The average molecular weight is 1040 g/mol. The quantitative estimate of drug-likeness (QED) is 0.0926. The maximum absolute atomic E-state index is 13.7. The van der Waals surface area contributed by atoms with E-state index in [1.54, 1.807) is 36.1 Å². The molecule has 2 aromatic rings. The van der Waals surface area contributed by atoms with Crippen LogP contribution >= 0.6 is 43.2 Å². The lowest BCUT2D eigenvalue weighted by atomic mass is 9.50. The van der Waals surface area contributed by atoms with Crippen LogP contribution in [-0.4, -0.2) is 146 Å². The first-order valence-corrected chi connectivity index (χ1v) is 30.4. The fraction of sp³-hybridized carbons (Fsp3) is 0.784. The molecule has 4 aliphatic carbocycles. The summed E-state index contributed by atoms with van der Waals surface area (Å²) in [5.74, 6) is 0.951. The summed E-state index contributed by atoms with van der Waals surface area (Å²) in [5.41, 5.74) is -5.53. The summed E-state index contributed by atoms with van der Waals surface area (Å²) in [7, 11) is 9.49. The van der Waals surface area contributed by atoms with Gasteiger partial charge in [-0.05, 0) is 144 Å². The molecule has 8 N–H and O–H groups in total. The SMILES string of the molecule is CCOC(=O)CCc1cc2ccoc2c2c1OC1OC3(CSSC45CC(CSSCC(CCC3O)C(C)CCC4NCCO2)C2(CCC(CNC)C2)C5)C2(O)CC3C=CC(O)C(CO)C3C1(O)C2O. The number of carbonyl (C=O) groups excluding carboxylic acids is 1. The van der Waals surface area contributed by atoms with Gasteiger partial charge in [-0.3, -0.25) is 4.79 Å². The van der Waals surface area contributed by atoms with Crippen LogP contribution in [0.25, 0.3) is 11.0 Å². The molecule has 17 atom stereocenters. The number of aliphatic hydroxyl groups is 6. The number of hydrogen-bond acceptors (Lipinski definition) is 18. The van der Waals surface area contributed by atoms with Crippen LogP contribution in [0, 0.1) is 46.8 Å². The topological polar surface area (TPSA) is 213 Å². The number of nitrogens with one attached hydrogen (secondary N) is 2. The van der Waals surface area contributed by atoms with Gasteiger partial charge >= 0.3 is 5.97 Å². The van der Waals surface area contributed by atoms with Crippen LogP contribution in [0.3, 0.4) is 0 Å². The molecule has 3 saturated carbocycles. The lowest BCUT2D eigenvalue weighted by Gasteiger charge is -2.67. The summed E-state index contributed by atoms with van der Waals surface area (Å²) < 4.78 is 32.6. The van der Waals surface area contributed by atoms with Crippen LogP contribution in [-0.2, 0) is 20.7 Å². The van der Waals surface area contributed by atoms with E-state index in [9.17, 15) is 35.4 Å². The van der Waals surface area contributed by atoms with E-state index in [0.717, 1.165) is 43.7 Å². The molecule has 4 aliphatic heterocycles. The predicted molar refractivity (Wildman–Crippen MR) is 271 cm³/mol. The van der Waals surface area contributed by atoms with Gasteiger partial charge in [-0.1, -0.05) is 62.3 Å². The number of allylic oxidation sites excluding steroid dienone is 1. The van der Waals surface area contributed by atoms with Crippen molar-refractivity contribution in [2.24, 2.45) is 46.8 Å². The van der Waals surface area contributed by atoms with E-state index in [1.165, 1.54) is 19.3 Å². The molecule has 1 aromatic heterocycles. The summed E-state index contributed by atoms with van der Waals surface area (Å²) in [5, 5.41) is 84.2. The fourth-order valence-corrected chi connectivity index (χ4v) is 21.9. The molecular weight excluding hydrogens is 961 g/mol. The van der Waals surface area contributed by atoms with Crippen molar-refractivity contribution in [2.45, 2.75) is 143 Å². The highest BCUT2D eigenvalue weighted by molar-refractivity contribution is 8.77. The minimum absolute atomic E-state index is 0.00413. The normalized spacial score (nSPS) is 44.5. The largest absolute Gasteiger partial charge is 0.485 e. The molecule has 69 heavy (non-hydrogen) atoms. The van der Waals surface area contributed by atoms with Gasteiger partial charge in [0.15, 0.2) is 16.9 Å². The highest BCUT2D eigenvalue weighted by atomic mass is 33.1. The molecule has 18 heteroatoms. The summed E-state index contributed by atoms with van der Waals surface area (Å²) in [6.07, 6.45) is 7.13. The van der Waals surface area contributed by atoms with Gasteiger partial charge in [0.1, 0.15) is 23.9 Å². The average Bonchev–Trinajstić information content (AvgIpc) is 4.05. The van der Waals surface area contributed by atoms with E-state index >= 15 is 0 Å². The number of rotatable bonds is 7. The summed E-state index contributed by atoms with van der Waals surface area (Å²) in [6.45, 7) is 5.50. The van der Waals surface area contributed by atoms with Crippen molar-refractivity contribution in [3.05, 3.63) is 36.1 Å². The Hall–Kier alpha value is -1.39. The highest BCUT2D eigenvalue weighted by Crippen LogP contribution is 2.68. The maximum atomic E-state index is 13.7. The van der Waals surface area contributed by atoms with Crippen molar-refractivity contribution < 1.29 is 58.8 Å². The monoisotopic (exact) mass is 1030 g/mol. The number of hydrogen-bond donors (Lipinski definition) is 8. The first-order valence-electron chi connectivity index (χ1n) is 25.6. The van der Waals surface area contributed by atoms with Gasteiger partial charge in [0, 0.05) is 64.8 Å². The predicted octanol–water partition coefficient (Wildman–Crippen LogP) is 5.87. The lowest BCUT2D eigenvalue weighted by Crippen LogP contribution is -2.86. The van der Waals surface area contributed by atoms with Crippen molar-refractivity contribution in [3.63, 3.8) is 0 Å². The Morgan fingerprint density at radius 2 is 1.86 bits per heavy atom. The number of furan rings is 1. The maximum Gasteiger partial charge on any atom is 0.306 e. The standard InChI is InChI=1S/C51H74N2O12S4/c1-4-61-40(57)12-8-31-19-32-14-17-62-42(32)44-43(31)64-46-51(60)41-33(6-9-37(55)36(41)24-54)21-49(59,45(51)58)50(65-46)28-68-69-48-22-35(47(27-48)15-13-30(20-47)23-52-3)26-67-66-25-34(7-11-39(50)56)29(2)5-10-38(48)53-16-18-63-44/h6,9,14,17,19,29-30,33-39,41,45-46,52-56,58-60H,4-5,7-8,10-13,15-16,18,20-28H2,1-3H3. The van der Waals surface area contributed by atoms with Crippen molar-refractivity contribution in [1.82, 2.24) is 10.6 Å². The third-order valence-electron chi connectivity index (χ3n) is 18.3. The number of fused-ring (bicyclic) bond motifs is 16. The van der Waals surface area contributed by atoms with E-state index in [0.29, 0.717) is 47.3 Å². The summed E-state index contributed by atoms with van der Waals surface area (Å²) in [4.78, 5) is 13.0. The van der Waals surface area contributed by atoms with E-state index < -0.39 is 71.7 Å². The number of aliphatic hydroxyl groups excluding tert-OH is 4. The van der Waals surface area contributed by atoms with Gasteiger partial charge in [0.05, 0.1) is 25.1 Å². The Balaban J connectivity index is 1.17. The van der Waals surface area contributed by atoms with Crippen LogP contribution in [0.5, 0.6) is 11.5 Å². The minimum Gasteiger partial charge on any atom is -0.485 e. The second kappa shape index (κ2) is 20.4. The zero-order chi connectivity index (χ0) is 48.3. The Morgan fingerprint density at radius 3 is 2.67 bits per heavy atom. The molecule has 3 spiro atoms. The Kier molecular flexibility index (Phi) is 15.1. The van der Waals surface area contributed by atoms with Gasteiger partial charge in [-0.15, -0.1) is 0 Å². The molecular formula is C51H74N2O12S4. The van der Waals surface area contributed by atoms with Crippen LogP contribution in [0.4, 0.5) is 0 Å². The first-order chi connectivity index (χ1) is 33.2. The van der Waals surface area contributed by atoms with Crippen molar-refractivity contribution >= 4 is 60.1 Å². The third-order valence-corrected chi connectivity index (χ3v) is 24.2. The van der Waals surface area contributed by atoms with Gasteiger partial charge < -0.3 is 64.6 Å². The van der Waals surface area contributed by atoms with Gasteiger partial charge in [0.25, 0.3) is 0 Å². The number of benzene rings is 1. The molecule has 3 saturated heterocycles. The molecule has 0 amide bonds. The van der Waals surface area contributed by atoms with Crippen molar-refractivity contribution in [2.75, 3.05) is 57.2 Å². The number of aryl methyl sites for hydroxylation is 1. The molecule has 6 fully saturated rings. The van der Waals surface area contributed by atoms with E-state index in [2.05, 4.69) is 24.6 Å². The van der Waals surface area contributed by atoms with Crippen molar-refractivity contribution in [3.8, 4) is 11.5 Å². The van der Waals surface area contributed by atoms with E-state index in [-0.39, 0.29) is 78.3 Å². The Bertz CT molecular complexity index is 2190. The molecule has 8 bridgehead atoms. The van der Waals surface area contributed by atoms with Crippen LogP contribution in [0.2, 0.25) is 0 Å². The van der Waals surface area contributed by atoms with Crippen molar-refractivity contribution in [1.29, 1.82) is 0 Å². The number of esters is 1. The molecule has 1 aromatic carbocycles. The Morgan fingerprint density at radius 1 is 1.01 bits per heavy atom. The molecule has 384 valence electrons. The number of carbonyl (C=O) groups is 1. The van der Waals surface area contributed by atoms with Crippen LogP contribution in [0.15, 0.2) is 35.0 Å². The molecule has 14 nitrogen and oxygen atoms in total. The zero-order valence-electron chi connectivity index (χ0n) is 40.2. The van der Waals surface area contributed by atoms with Gasteiger partial charge in [-0.2, -0.15) is 0 Å². The summed E-state index contributed by atoms with van der Waals surface area (Å²) >= 11 is 0. The second-order valence-corrected chi connectivity index (χ2v) is 27.2. The smallest absolute Gasteiger partial charge is 0.306 e. The molecule has 8 aliphatic rings. The molecule has 17 unspecified atom stereocenters. The van der Waals surface area contributed by atoms with Gasteiger partial charge in [-0.25, -0.2) is 0 Å². The van der Waals surface area contributed by atoms with Crippen LogP contribution in [0.1, 0.15) is 90.0 Å². The first kappa shape index (κ1) is 51.1. The summed E-state index contributed by atoms with van der Waals surface area (Å²) in [6, 6.07) is 3.75. The minimum atomic E-state index is -2.46. The van der Waals surface area contributed by atoms with E-state index in [4.69, 9.17) is 23.4 Å². The Labute approximate surface area is 422 Å². The van der Waals surface area contributed by atoms with Crippen LogP contribution < -0.4 is 20.1 Å². The van der Waals surface area contributed by atoms with Gasteiger partial charge in [0.2, 0.25) is 12.0 Å². The lowest BCUT2D eigenvalue weighted by molar-refractivity contribution is -0.424. The molecule has 0 radical (unpaired) electrons. The molecule has 10 rings (SSSR count). The highest BCUT2D eigenvalue weighted by Gasteiger charge is 2.78. The fourth-order valence-electron chi connectivity index (χ4n) is 14.7. The zero-order valence-corrected chi connectivity index (χ0v) is 43.5. The molecule has 5 heterocycles. The second-order valence-electron chi connectivity index (χ2n) is 22.0.